The minimum Gasteiger partial charge on any atom is -0.368 e. The molecule has 1 aromatic carbocycles. The molecule has 136 valence electrons. The van der Waals surface area contributed by atoms with Crippen LogP contribution in [0.15, 0.2) is 36.7 Å². The standard InChI is InChI=1S/C16H17ClN6O3/c17-12-3-1-11(2-4-12)14(15(18)24)21-5-7-22(8-6-21)16-19-9-13(10-20-16)23(25)26/h1-4,9-10,14H,5-8H2,(H2,18,24). The fraction of sp³-hybridized carbons (Fsp3) is 0.312. The van der Waals surface area contributed by atoms with E-state index in [1.54, 1.807) is 24.3 Å². The number of nitro groups is 1. The molecule has 1 amide bonds. The molecule has 0 radical (unpaired) electrons. The third-order valence-electron chi connectivity index (χ3n) is 4.25. The SMILES string of the molecule is NC(=O)C(c1ccc(Cl)cc1)N1CCN(c2ncc([N+](=O)[O-])cn2)CC1. The number of nitrogens with two attached hydrogens (primary N) is 1. The first kappa shape index (κ1) is 18.0. The molecule has 10 heteroatoms. The molecule has 0 saturated carbocycles. The number of amides is 1. The lowest BCUT2D eigenvalue weighted by Crippen LogP contribution is -2.50. The van der Waals surface area contributed by atoms with Crippen LogP contribution < -0.4 is 10.6 Å². The molecule has 1 saturated heterocycles. The molecule has 1 unspecified atom stereocenters. The number of aromatic nitrogens is 2. The number of hydrogen-bond donors (Lipinski definition) is 1. The molecule has 0 aliphatic carbocycles. The van der Waals surface area contributed by atoms with E-state index >= 15 is 0 Å². The van der Waals surface area contributed by atoms with E-state index in [1.165, 1.54) is 12.4 Å². The Morgan fingerprint density at radius 1 is 1.15 bits per heavy atom. The highest BCUT2D eigenvalue weighted by Gasteiger charge is 2.29. The van der Waals surface area contributed by atoms with E-state index in [0.717, 1.165) is 5.56 Å². The van der Waals surface area contributed by atoms with Crippen molar-refractivity contribution in [2.45, 2.75) is 6.04 Å². The van der Waals surface area contributed by atoms with Gasteiger partial charge in [0.05, 0.1) is 4.92 Å². The normalized spacial score (nSPS) is 16.3. The summed E-state index contributed by atoms with van der Waals surface area (Å²) >= 11 is 5.91. The molecule has 1 atom stereocenters. The van der Waals surface area contributed by atoms with Gasteiger partial charge in [0, 0.05) is 31.2 Å². The van der Waals surface area contributed by atoms with Crippen molar-refractivity contribution in [3.8, 4) is 0 Å². The van der Waals surface area contributed by atoms with Crippen LogP contribution >= 0.6 is 11.6 Å². The van der Waals surface area contributed by atoms with Crippen LogP contribution in [0, 0.1) is 10.1 Å². The summed E-state index contributed by atoms with van der Waals surface area (Å²) in [6, 6.07) is 6.52. The second-order valence-corrected chi connectivity index (χ2v) is 6.31. The van der Waals surface area contributed by atoms with Gasteiger partial charge in [-0.3, -0.25) is 19.8 Å². The van der Waals surface area contributed by atoms with E-state index in [4.69, 9.17) is 17.3 Å². The summed E-state index contributed by atoms with van der Waals surface area (Å²) in [5.74, 6) is 0.00438. The van der Waals surface area contributed by atoms with Gasteiger partial charge in [-0.15, -0.1) is 0 Å². The largest absolute Gasteiger partial charge is 0.368 e. The summed E-state index contributed by atoms with van der Waals surface area (Å²) < 4.78 is 0. The quantitative estimate of drug-likeness (QED) is 0.618. The van der Waals surface area contributed by atoms with E-state index < -0.39 is 16.9 Å². The van der Waals surface area contributed by atoms with Crippen LogP contribution in [0.25, 0.3) is 0 Å². The Balaban J connectivity index is 1.69. The monoisotopic (exact) mass is 376 g/mol. The molecule has 1 aliphatic heterocycles. The molecule has 2 N–H and O–H groups in total. The zero-order valence-corrected chi connectivity index (χ0v) is 14.5. The molecule has 3 rings (SSSR count). The van der Waals surface area contributed by atoms with E-state index in [9.17, 15) is 14.9 Å². The van der Waals surface area contributed by atoms with Gasteiger partial charge in [0.2, 0.25) is 11.9 Å². The zero-order valence-electron chi connectivity index (χ0n) is 13.8. The van der Waals surface area contributed by atoms with Crippen molar-refractivity contribution >= 4 is 29.1 Å². The Kier molecular flexibility index (Phi) is 5.29. The average Bonchev–Trinajstić information content (AvgIpc) is 2.64. The lowest BCUT2D eigenvalue weighted by atomic mass is 10.0. The second-order valence-electron chi connectivity index (χ2n) is 5.88. The van der Waals surface area contributed by atoms with Crippen LogP contribution in [0.1, 0.15) is 11.6 Å². The smallest absolute Gasteiger partial charge is 0.305 e. The summed E-state index contributed by atoms with van der Waals surface area (Å²) in [4.78, 5) is 34.1. The number of nitrogens with zero attached hydrogens (tertiary/aromatic N) is 5. The summed E-state index contributed by atoms with van der Waals surface area (Å²) in [5, 5.41) is 11.3. The minimum atomic E-state index is -0.536. The van der Waals surface area contributed by atoms with E-state index in [2.05, 4.69) is 9.97 Å². The number of carbonyl (C=O) groups excluding carboxylic acids is 1. The number of primary amides is 1. The lowest BCUT2D eigenvalue weighted by Gasteiger charge is -2.38. The molecule has 1 aromatic heterocycles. The molecule has 0 bridgehead atoms. The van der Waals surface area contributed by atoms with E-state index in [0.29, 0.717) is 37.1 Å². The molecular weight excluding hydrogens is 360 g/mol. The zero-order chi connectivity index (χ0) is 18.7. The predicted molar refractivity (Wildman–Crippen MR) is 95.9 cm³/mol. The highest BCUT2D eigenvalue weighted by atomic mass is 35.5. The Morgan fingerprint density at radius 3 is 2.23 bits per heavy atom. The Morgan fingerprint density at radius 2 is 1.73 bits per heavy atom. The van der Waals surface area contributed by atoms with Gasteiger partial charge in [-0.1, -0.05) is 23.7 Å². The first-order chi connectivity index (χ1) is 12.5. The van der Waals surface area contributed by atoms with Crippen molar-refractivity contribution in [2.24, 2.45) is 5.73 Å². The first-order valence-electron chi connectivity index (χ1n) is 7.96. The third-order valence-corrected chi connectivity index (χ3v) is 4.50. The number of carbonyl (C=O) groups is 1. The van der Waals surface area contributed by atoms with Gasteiger partial charge >= 0.3 is 5.69 Å². The molecule has 0 spiro atoms. The number of halogens is 1. The molecule has 1 aliphatic rings. The first-order valence-corrected chi connectivity index (χ1v) is 8.33. The second kappa shape index (κ2) is 7.63. The van der Waals surface area contributed by atoms with Crippen molar-refractivity contribution < 1.29 is 9.72 Å². The van der Waals surface area contributed by atoms with Crippen molar-refractivity contribution in [3.63, 3.8) is 0 Å². The van der Waals surface area contributed by atoms with Crippen molar-refractivity contribution in [2.75, 3.05) is 31.1 Å². The fourth-order valence-corrected chi connectivity index (χ4v) is 3.08. The van der Waals surface area contributed by atoms with Crippen LogP contribution in [0.5, 0.6) is 0 Å². The van der Waals surface area contributed by atoms with Crippen molar-refractivity contribution in [1.29, 1.82) is 0 Å². The fourth-order valence-electron chi connectivity index (χ4n) is 2.95. The number of benzene rings is 1. The van der Waals surface area contributed by atoms with Crippen LogP contribution in [0.4, 0.5) is 11.6 Å². The number of anilines is 1. The average molecular weight is 377 g/mol. The van der Waals surface area contributed by atoms with Crippen LogP contribution in [-0.4, -0.2) is 51.9 Å². The Labute approximate surface area is 154 Å². The number of rotatable bonds is 5. The van der Waals surface area contributed by atoms with Crippen LogP contribution in [-0.2, 0) is 4.79 Å². The van der Waals surface area contributed by atoms with Crippen molar-refractivity contribution in [3.05, 3.63) is 57.4 Å². The Hall–Kier alpha value is -2.78. The Bertz CT molecular complexity index is 791. The number of piperazine rings is 1. The summed E-state index contributed by atoms with van der Waals surface area (Å²) in [7, 11) is 0. The van der Waals surface area contributed by atoms with Gasteiger partial charge in [-0.05, 0) is 17.7 Å². The molecule has 2 aromatic rings. The summed E-state index contributed by atoms with van der Waals surface area (Å²) in [6.07, 6.45) is 2.38. The summed E-state index contributed by atoms with van der Waals surface area (Å²) in [5.41, 5.74) is 6.26. The van der Waals surface area contributed by atoms with Gasteiger partial charge in [-0.2, -0.15) is 0 Å². The predicted octanol–water partition coefficient (Wildman–Crippen LogP) is 1.39. The van der Waals surface area contributed by atoms with Gasteiger partial charge in [0.1, 0.15) is 18.4 Å². The molecule has 26 heavy (non-hydrogen) atoms. The topological polar surface area (TPSA) is 118 Å². The van der Waals surface area contributed by atoms with Crippen LogP contribution in [0.3, 0.4) is 0 Å². The molecule has 1 fully saturated rings. The molecule has 9 nitrogen and oxygen atoms in total. The van der Waals surface area contributed by atoms with Gasteiger partial charge < -0.3 is 10.6 Å². The highest BCUT2D eigenvalue weighted by molar-refractivity contribution is 6.30. The third kappa shape index (κ3) is 3.89. The minimum absolute atomic E-state index is 0.149. The van der Waals surface area contributed by atoms with E-state index in [1.807, 2.05) is 9.80 Å². The number of hydrogen-bond acceptors (Lipinski definition) is 7. The van der Waals surface area contributed by atoms with Gasteiger partial charge in [0.15, 0.2) is 0 Å². The lowest BCUT2D eigenvalue weighted by molar-refractivity contribution is -0.385. The summed E-state index contributed by atoms with van der Waals surface area (Å²) in [6.45, 7) is 2.32. The molecule has 2 heterocycles. The van der Waals surface area contributed by atoms with Gasteiger partial charge in [0.25, 0.3) is 0 Å². The maximum atomic E-state index is 12.0. The van der Waals surface area contributed by atoms with Crippen molar-refractivity contribution in [1.82, 2.24) is 14.9 Å². The highest BCUT2D eigenvalue weighted by Crippen LogP contribution is 2.24. The maximum Gasteiger partial charge on any atom is 0.305 e. The van der Waals surface area contributed by atoms with Crippen LogP contribution in [0.2, 0.25) is 5.02 Å². The molecular formula is C16H17ClN6O3. The van der Waals surface area contributed by atoms with E-state index in [-0.39, 0.29) is 5.69 Å². The maximum absolute atomic E-state index is 12.0. The van der Waals surface area contributed by atoms with Gasteiger partial charge in [-0.25, -0.2) is 9.97 Å².